The van der Waals surface area contributed by atoms with E-state index >= 15 is 0 Å². The zero-order valence-electron chi connectivity index (χ0n) is 25.5. The second kappa shape index (κ2) is 13.9. The van der Waals surface area contributed by atoms with Gasteiger partial charge in [-0.1, -0.05) is 6.07 Å². The molecule has 2 aliphatic heterocycles. The van der Waals surface area contributed by atoms with Crippen LogP contribution in [0.5, 0.6) is 17.2 Å². The van der Waals surface area contributed by atoms with Gasteiger partial charge in [0.05, 0.1) is 24.2 Å². The third-order valence-electron chi connectivity index (χ3n) is 7.01. The summed E-state index contributed by atoms with van der Waals surface area (Å²) in [5.74, 6) is -1.70. The molecule has 3 aromatic rings. The summed E-state index contributed by atoms with van der Waals surface area (Å²) in [6.07, 6.45) is -4.74. The zero-order chi connectivity index (χ0) is 33.0. The Bertz CT molecular complexity index is 1690. The van der Waals surface area contributed by atoms with E-state index in [4.69, 9.17) is 42.3 Å². The highest BCUT2D eigenvalue weighted by atomic mass is 16.7. The molecular formula is C32H32O14. The van der Waals surface area contributed by atoms with Crippen molar-refractivity contribution >= 4 is 34.8 Å². The van der Waals surface area contributed by atoms with Gasteiger partial charge in [0.25, 0.3) is 0 Å². The van der Waals surface area contributed by atoms with Crippen molar-refractivity contribution in [3.63, 3.8) is 0 Å². The molecule has 0 radical (unpaired) electrons. The van der Waals surface area contributed by atoms with Crippen LogP contribution < -0.4 is 19.6 Å². The highest BCUT2D eigenvalue weighted by Gasteiger charge is 2.53. The van der Waals surface area contributed by atoms with Gasteiger partial charge in [0.2, 0.25) is 12.4 Å². The molecule has 5 rings (SSSR count). The summed E-state index contributed by atoms with van der Waals surface area (Å²) < 4.78 is 50.6. The summed E-state index contributed by atoms with van der Waals surface area (Å²) >= 11 is 0. The molecule has 0 aliphatic carbocycles. The Kier molecular flexibility index (Phi) is 9.75. The predicted molar refractivity (Wildman–Crippen MR) is 156 cm³/mol. The van der Waals surface area contributed by atoms with E-state index in [2.05, 4.69) is 0 Å². The van der Waals surface area contributed by atoms with Gasteiger partial charge in [0, 0.05) is 40.2 Å². The minimum absolute atomic E-state index is 0.125. The van der Waals surface area contributed by atoms with Crippen molar-refractivity contribution in [2.75, 3.05) is 19.8 Å². The molecule has 0 saturated carbocycles. The lowest BCUT2D eigenvalue weighted by Gasteiger charge is -2.43. The predicted octanol–water partition coefficient (Wildman–Crippen LogP) is 3.08. The maximum atomic E-state index is 13.5. The SMILES string of the molecule is CC(=O)OC[C@H]1O[C@H](Oc2ccc3c(=O)c(-c4ccc5c(c4)OCCCO5)coc3c2)[C@@H](OC(C)=O)[C@@H](OC(C)=O)[C@@H]1OC(C)=O. The first-order valence-electron chi connectivity index (χ1n) is 14.4. The van der Waals surface area contributed by atoms with Crippen LogP contribution in [0.25, 0.3) is 22.1 Å². The molecule has 5 atom stereocenters. The highest BCUT2D eigenvalue weighted by molar-refractivity contribution is 5.83. The molecule has 244 valence electrons. The van der Waals surface area contributed by atoms with Crippen molar-refractivity contribution in [3.8, 4) is 28.4 Å². The first-order valence-corrected chi connectivity index (χ1v) is 14.4. The van der Waals surface area contributed by atoms with Gasteiger partial charge < -0.3 is 42.3 Å². The second-order valence-electron chi connectivity index (χ2n) is 10.5. The van der Waals surface area contributed by atoms with Crippen LogP contribution in [-0.4, -0.2) is 74.4 Å². The minimum atomic E-state index is -1.45. The summed E-state index contributed by atoms with van der Waals surface area (Å²) in [5.41, 5.74) is 0.745. The van der Waals surface area contributed by atoms with Crippen LogP contribution in [0.1, 0.15) is 34.1 Å². The number of fused-ring (bicyclic) bond motifs is 2. The van der Waals surface area contributed by atoms with Gasteiger partial charge in [0.1, 0.15) is 30.3 Å². The molecule has 0 N–H and O–H groups in total. The number of carbonyl (C=O) groups is 4. The van der Waals surface area contributed by atoms with Gasteiger partial charge in [-0.25, -0.2) is 0 Å². The normalized spacial score (nSPS) is 22.2. The number of rotatable bonds is 8. The third kappa shape index (κ3) is 7.40. The number of carbonyl (C=O) groups excluding carboxylic acids is 4. The fraction of sp³-hybridized carbons (Fsp3) is 0.406. The fourth-order valence-corrected chi connectivity index (χ4v) is 5.13. The van der Waals surface area contributed by atoms with E-state index in [0.29, 0.717) is 35.8 Å². The smallest absolute Gasteiger partial charge is 0.303 e. The van der Waals surface area contributed by atoms with Gasteiger partial charge in [-0.2, -0.15) is 0 Å². The molecule has 2 aromatic carbocycles. The third-order valence-corrected chi connectivity index (χ3v) is 7.01. The topological polar surface area (TPSA) is 172 Å². The van der Waals surface area contributed by atoms with Crippen LogP contribution in [0, 0.1) is 0 Å². The summed E-state index contributed by atoms with van der Waals surface area (Å²) in [7, 11) is 0. The minimum Gasteiger partial charge on any atom is -0.490 e. The monoisotopic (exact) mass is 640 g/mol. The van der Waals surface area contributed by atoms with Crippen LogP contribution in [0.4, 0.5) is 0 Å². The molecular weight excluding hydrogens is 608 g/mol. The van der Waals surface area contributed by atoms with E-state index in [0.717, 1.165) is 27.2 Å². The molecule has 14 heteroatoms. The van der Waals surface area contributed by atoms with E-state index in [1.165, 1.54) is 31.4 Å². The van der Waals surface area contributed by atoms with Crippen LogP contribution >= 0.6 is 0 Å². The molecule has 0 bridgehead atoms. The van der Waals surface area contributed by atoms with Gasteiger partial charge >= 0.3 is 23.9 Å². The Hall–Kier alpha value is -5.11. The molecule has 1 aromatic heterocycles. The molecule has 14 nitrogen and oxygen atoms in total. The summed E-state index contributed by atoms with van der Waals surface area (Å²) in [4.78, 5) is 61.2. The van der Waals surface area contributed by atoms with Crippen molar-refractivity contribution in [1.82, 2.24) is 0 Å². The number of benzene rings is 2. The van der Waals surface area contributed by atoms with Gasteiger partial charge in [0.15, 0.2) is 29.1 Å². The first-order chi connectivity index (χ1) is 22.0. The lowest BCUT2D eigenvalue weighted by molar-refractivity contribution is -0.288. The van der Waals surface area contributed by atoms with Crippen LogP contribution in [0.2, 0.25) is 0 Å². The maximum Gasteiger partial charge on any atom is 0.303 e. The Morgan fingerprint density at radius 1 is 0.783 bits per heavy atom. The van der Waals surface area contributed by atoms with E-state index in [1.54, 1.807) is 18.2 Å². The van der Waals surface area contributed by atoms with Crippen LogP contribution in [-0.2, 0) is 42.9 Å². The fourth-order valence-electron chi connectivity index (χ4n) is 5.13. The van der Waals surface area contributed by atoms with Crippen LogP contribution in [0.3, 0.4) is 0 Å². The summed E-state index contributed by atoms with van der Waals surface area (Å²) in [5, 5.41) is 0.249. The van der Waals surface area contributed by atoms with E-state index in [-0.39, 0.29) is 22.1 Å². The molecule has 2 aliphatic rings. The molecule has 0 unspecified atom stereocenters. The Balaban J connectivity index is 1.46. The Labute approximate surface area is 262 Å². The Morgan fingerprint density at radius 2 is 1.46 bits per heavy atom. The summed E-state index contributed by atoms with van der Waals surface area (Å²) in [6.45, 7) is 5.16. The van der Waals surface area contributed by atoms with E-state index < -0.39 is 61.2 Å². The number of hydrogen-bond acceptors (Lipinski definition) is 14. The quantitative estimate of drug-likeness (QED) is 0.260. The second-order valence-corrected chi connectivity index (χ2v) is 10.5. The van der Waals surface area contributed by atoms with Gasteiger partial charge in [-0.3, -0.25) is 24.0 Å². The Morgan fingerprint density at radius 3 is 2.15 bits per heavy atom. The summed E-state index contributed by atoms with van der Waals surface area (Å²) in [6, 6.07) is 9.61. The highest BCUT2D eigenvalue weighted by Crippen LogP contribution is 2.35. The molecule has 46 heavy (non-hydrogen) atoms. The molecule has 3 heterocycles. The largest absolute Gasteiger partial charge is 0.490 e. The number of esters is 4. The maximum absolute atomic E-state index is 13.5. The van der Waals surface area contributed by atoms with E-state index in [9.17, 15) is 24.0 Å². The molecule has 1 fully saturated rings. The van der Waals surface area contributed by atoms with Crippen molar-refractivity contribution in [2.24, 2.45) is 0 Å². The van der Waals surface area contributed by atoms with Gasteiger partial charge in [-0.05, 0) is 29.8 Å². The van der Waals surface area contributed by atoms with Crippen LogP contribution in [0.15, 0.2) is 51.9 Å². The number of hydrogen-bond donors (Lipinski definition) is 0. The number of ether oxygens (including phenoxy) is 8. The standard InChI is InChI=1S/C32H32O14/c1-16(33)40-15-27-29(42-17(2)34)30(43-18(3)35)31(44-19(4)36)32(46-27)45-21-7-8-22-25(13-21)41-14-23(28(22)37)20-6-9-24-26(12-20)39-11-5-10-38-24/h6-9,12-14,27,29-32H,5,10-11,15H2,1-4H3/t27-,29-,30+,31+,32+/m1/s1. The molecule has 0 spiro atoms. The molecule has 0 amide bonds. The van der Waals surface area contributed by atoms with Crippen molar-refractivity contribution < 1.29 is 61.5 Å². The lowest BCUT2D eigenvalue weighted by atomic mass is 9.98. The van der Waals surface area contributed by atoms with Gasteiger partial charge in [-0.15, -0.1) is 0 Å². The average molecular weight is 641 g/mol. The van der Waals surface area contributed by atoms with E-state index in [1.807, 2.05) is 0 Å². The zero-order valence-corrected chi connectivity index (χ0v) is 25.5. The lowest BCUT2D eigenvalue weighted by Crippen LogP contribution is -2.63. The van der Waals surface area contributed by atoms with Crippen molar-refractivity contribution in [2.45, 2.75) is 64.8 Å². The van der Waals surface area contributed by atoms with Crippen molar-refractivity contribution in [1.29, 1.82) is 0 Å². The molecule has 1 saturated heterocycles. The van der Waals surface area contributed by atoms with Crippen molar-refractivity contribution in [3.05, 3.63) is 52.9 Å². The average Bonchev–Trinajstić information content (AvgIpc) is 3.24. The first kappa shape index (κ1) is 32.3.